The van der Waals surface area contributed by atoms with Gasteiger partial charge in [-0.25, -0.2) is 0 Å². The molecule has 2 aromatic carbocycles. The highest BCUT2D eigenvalue weighted by molar-refractivity contribution is 8.76. The van der Waals surface area contributed by atoms with Crippen LogP contribution in [0.1, 0.15) is 93.7 Å². The Balaban J connectivity index is 1.56. The summed E-state index contributed by atoms with van der Waals surface area (Å²) in [4.78, 5) is 12.0. The predicted octanol–water partition coefficient (Wildman–Crippen LogP) is 9.10. The number of nitrogens with two attached hydrogens (primary N) is 1. The van der Waals surface area contributed by atoms with E-state index in [-0.39, 0.29) is 18.4 Å². The zero-order chi connectivity index (χ0) is 31.0. The maximum Gasteiger partial charge on any atom is 0.303 e. The van der Waals surface area contributed by atoms with E-state index in [0.717, 1.165) is 62.9 Å². The van der Waals surface area contributed by atoms with Crippen molar-refractivity contribution in [3.63, 3.8) is 0 Å². The molecule has 1 aliphatic heterocycles. The second-order valence-electron chi connectivity index (χ2n) is 13.3. The van der Waals surface area contributed by atoms with Crippen LogP contribution >= 0.6 is 21.6 Å². The van der Waals surface area contributed by atoms with E-state index in [9.17, 15) is 15.0 Å². The summed E-state index contributed by atoms with van der Waals surface area (Å²) in [6.07, 6.45) is 18.3. The molecule has 242 valence electrons. The lowest BCUT2D eigenvalue weighted by molar-refractivity contribution is -0.138. The van der Waals surface area contributed by atoms with E-state index in [2.05, 4.69) is 66.7 Å². The molecule has 0 spiro atoms. The fraction of sp³-hybridized carbons (Fsp3) is 0.605. The van der Waals surface area contributed by atoms with Crippen LogP contribution < -0.4 is 5.73 Å². The molecule has 0 amide bonds. The third-order valence-electron chi connectivity index (χ3n) is 10.1. The molecular weight excluding hydrogens is 583 g/mol. The highest BCUT2D eigenvalue weighted by atomic mass is 33.1. The van der Waals surface area contributed by atoms with Gasteiger partial charge in [0.2, 0.25) is 0 Å². The normalized spacial score (nSPS) is 25.2. The zero-order valence-corrected chi connectivity index (χ0v) is 28.2. The van der Waals surface area contributed by atoms with Crippen molar-refractivity contribution in [3.05, 3.63) is 83.4 Å². The van der Waals surface area contributed by atoms with E-state index in [1.54, 1.807) is 0 Å². The van der Waals surface area contributed by atoms with E-state index in [4.69, 9.17) is 5.73 Å². The van der Waals surface area contributed by atoms with E-state index in [0.29, 0.717) is 30.2 Å². The Morgan fingerprint density at radius 2 is 1.59 bits per heavy atom. The number of fused-ring (bicyclic) bond motifs is 1. The molecule has 1 saturated carbocycles. The summed E-state index contributed by atoms with van der Waals surface area (Å²) in [5.74, 6) is 3.37. The van der Waals surface area contributed by atoms with Crippen molar-refractivity contribution in [2.24, 2.45) is 35.3 Å². The summed E-state index contributed by atoms with van der Waals surface area (Å²) in [7, 11) is 3.96. The number of aliphatic hydroxyl groups excluding tert-OH is 1. The number of aryl methyl sites for hydroxylation is 1. The van der Waals surface area contributed by atoms with Gasteiger partial charge >= 0.3 is 5.97 Å². The van der Waals surface area contributed by atoms with E-state index < -0.39 is 5.97 Å². The first-order valence-corrected chi connectivity index (χ1v) is 19.6. The monoisotopic (exact) mass is 637 g/mol. The van der Waals surface area contributed by atoms with Crippen molar-refractivity contribution in [2.45, 2.75) is 102 Å². The van der Waals surface area contributed by atoms with Crippen molar-refractivity contribution in [1.29, 1.82) is 0 Å². The number of carboxylic acids is 1. The van der Waals surface area contributed by atoms with Crippen molar-refractivity contribution in [1.82, 2.24) is 0 Å². The van der Waals surface area contributed by atoms with Crippen molar-refractivity contribution < 1.29 is 15.0 Å². The fourth-order valence-corrected chi connectivity index (χ4v) is 10.2. The number of carboxylic acid groups (broad SMARTS) is 1. The molecule has 0 unspecified atom stereocenters. The summed E-state index contributed by atoms with van der Waals surface area (Å²) in [6, 6.07) is 19.6. The summed E-state index contributed by atoms with van der Waals surface area (Å²) < 4.78 is 0. The molecule has 0 aromatic heterocycles. The van der Waals surface area contributed by atoms with Crippen LogP contribution in [0, 0.1) is 29.6 Å². The number of aliphatic hydroxyl groups is 1. The van der Waals surface area contributed by atoms with Crippen LogP contribution in [0.25, 0.3) is 0 Å². The molecule has 2 aromatic rings. The van der Waals surface area contributed by atoms with Gasteiger partial charge in [0.05, 0.1) is 6.10 Å². The van der Waals surface area contributed by atoms with Crippen LogP contribution in [0.5, 0.6) is 0 Å². The minimum atomic E-state index is -0.702. The van der Waals surface area contributed by atoms with Crippen LogP contribution in [-0.2, 0) is 23.4 Å². The standard InChI is InChI=1S/C38H55NO3S2/c39-23-22-33-19-18-32(16-9-17-37(40)25-30-12-5-2-6-13-30)36(24-29-10-3-1-4-11-29)28-44-43-27-35-15-8-7-14-31(35)20-21-34(33)26-38(41)42/h1,3-4,7-11,14-15,17,30,32-34,36-37,40H,2,5-6,12-13,16,18-28,39H2,(H,41,42)/t32-,33+,34-,36+,37+/m1/s1. The topological polar surface area (TPSA) is 83.5 Å². The Morgan fingerprint density at radius 1 is 0.864 bits per heavy atom. The molecule has 4 rings (SSSR count). The summed E-state index contributed by atoms with van der Waals surface area (Å²) in [5, 5.41) is 20.8. The number of rotatable bonds is 11. The van der Waals surface area contributed by atoms with Gasteiger partial charge in [0, 0.05) is 17.9 Å². The summed E-state index contributed by atoms with van der Waals surface area (Å²) in [6.45, 7) is 0.592. The molecular formula is C38H55NO3S2. The van der Waals surface area contributed by atoms with Crippen molar-refractivity contribution >= 4 is 27.6 Å². The average molecular weight is 638 g/mol. The molecule has 4 nitrogen and oxygen atoms in total. The lowest BCUT2D eigenvalue weighted by Crippen LogP contribution is -2.25. The van der Waals surface area contributed by atoms with E-state index >= 15 is 0 Å². The highest BCUT2D eigenvalue weighted by Crippen LogP contribution is 2.39. The Hall–Kier alpha value is -1.73. The van der Waals surface area contributed by atoms with Gasteiger partial charge in [-0.3, -0.25) is 4.79 Å². The quantitative estimate of drug-likeness (QED) is 0.168. The largest absolute Gasteiger partial charge is 0.481 e. The molecule has 1 heterocycles. The number of hydrogen-bond acceptors (Lipinski definition) is 5. The van der Waals surface area contributed by atoms with Crippen molar-refractivity contribution in [3.8, 4) is 0 Å². The summed E-state index contributed by atoms with van der Waals surface area (Å²) >= 11 is 0. The molecule has 0 radical (unpaired) electrons. The van der Waals surface area contributed by atoms with Gasteiger partial charge in [-0.2, -0.15) is 0 Å². The van der Waals surface area contributed by atoms with Crippen molar-refractivity contribution in [2.75, 3.05) is 12.3 Å². The Kier molecular flexibility index (Phi) is 15.7. The molecule has 5 atom stereocenters. The zero-order valence-electron chi connectivity index (χ0n) is 26.5. The van der Waals surface area contributed by atoms with Crippen LogP contribution in [0.15, 0.2) is 66.7 Å². The number of aliphatic carboxylic acids is 1. The number of hydrogen-bond donors (Lipinski definition) is 3. The van der Waals surface area contributed by atoms with Crippen LogP contribution in [-0.4, -0.2) is 34.6 Å². The fourth-order valence-electron chi connectivity index (χ4n) is 7.59. The minimum absolute atomic E-state index is 0.121. The molecule has 6 heteroatoms. The van der Waals surface area contributed by atoms with Crippen LogP contribution in [0.4, 0.5) is 0 Å². The number of allylic oxidation sites excluding steroid dienone is 1. The van der Waals surface area contributed by atoms with Gasteiger partial charge in [0.15, 0.2) is 0 Å². The summed E-state index contributed by atoms with van der Waals surface area (Å²) in [5.41, 5.74) is 10.3. The molecule has 1 aliphatic carbocycles. The maximum absolute atomic E-state index is 12.0. The molecule has 0 bridgehead atoms. The third kappa shape index (κ3) is 12.2. The second-order valence-corrected chi connectivity index (χ2v) is 15.8. The SMILES string of the molecule is NCC[C@@H]1CC[C@@H](CC=C[C@H](O)CC2CCCCC2)[C@@H](Cc2ccccc2)CSSCc2ccccc2CC[C@@H]1CC(=O)O. The van der Waals surface area contributed by atoms with Gasteiger partial charge in [-0.1, -0.05) is 120 Å². The predicted molar refractivity (Wildman–Crippen MR) is 189 cm³/mol. The van der Waals surface area contributed by atoms with E-state index in [1.807, 2.05) is 21.6 Å². The molecule has 2 aliphatic rings. The Labute approximate surface area is 274 Å². The van der Waals surface area contributed by atoms with Gasteiger partial charge in [-0.05, 0) is 104 Å². The Morgan fingerprint density at radius 3 is 2.34 bits per heavy atom. The van der Waals surface area contributed by atoms with Gasteiger partial charge in [-0.15, -0.1) is 0 Å². The van der Waals surface area contributed by atoms with Gasteiger partial charge in [0.1, 0.15) is 0 Å². The molecule has 4 N–H and O–H groups in total. The smallest absolute Gasteiger partial charge is 0.303 e. The van der Waals surface area contributed by atoms with E-state index in [1.165, 1.54) is 48.8 Å². The first kappa shape index (κ1) is 35.1. The Bertz CT molecular complexity index is 1120. The number of carbonyl (C=O) groups is 1. The lowest BCUT2D eigenvalue weighted by atomic mass is 9.75. The lowest BCUT2D eigenvalue weighted by Gasteiger charge is -2.31. The molecule has 44 heavy (non-hydrogen) atoms. The minimum Gasteiger partial charge on any atom is -0.481 e. The molecule has 1 fully saturated rings. The third-order valence-corrected chi connectivity index (χ3v) is 12.6. The van der Waals surface area contributed by atoms with Crippen LogP contribution in [0.3, 0.4) is 0 Å². The maximum atomic E-state index is 12.0. The molecule has 0 saturated heterocycles. The first-order chi connectivity index (χ1) is 21.5. The average Bonchev–Trinajstić information content (AvgIpc) is 3.03. The van der Waals surface area contributed by atoms with Gasteiger partial charge in [0.25, 0.3) is 0 Å². The highest BCUT2D eigenvalue weighted by Gasteiger charge is 2.28. The van der Waals surface area contributed by atoms with Crippen LogP contribution in [0.2, 0.25) is 0 Å². The first-order valence-electron chi connectivity index (χ1n) is 17.1. The number of benzene rings is 2. The van der Waals surface area contributed by atoms with Gasteiger partial charge < -0.3 is 15.9 Å². The second kappa shape index (κ2) is 19.7.